The van der Waals surface area contributed by atoms with Crippen LogP contribution in [0, 0.1) is 0 Å². The molecule has 0 aliphatic carbocycles. The first kappa shape index (κ1) is 17.0. The Hall–Kier alpha value is -2.85. The third-order valence-electron chi connectivity index (χ3n) is 3.52. The zero-order valence-corrected chi connectivity index (χ0v) is 14.2. The molecule has 0 unspecified atom stereocenters. The molecule has 3 aromatic heterocycles. The summed E-state index contributed by atoms with van der Waals surface area (Å²) in [6, 6.07) is 6.53. The lowest BCUT2D eigenvalue weighted by Crippen LogP contribution is -2.31. The number of sulfonamides is 1. The van der Waals surface area contributed by atoms with Crippen LogP contribution < -0.4 is 10.4 Å². The van der Waals surface area contributed by atoms with Crippen LogP contribution in [0.4, 0.5) is 0 Å². The molecule has 3 aromatic rings. The Kier molecular flexibility index (Phi) is 4.72. The van der Waals surface area contributed by atoms with Crippen LogP contribution in [0.2, 0.25) is 0 Å². The predicted octanol–water partition coefficient (Wildman–Crippen LogP) is 0.0173. The van der Waals surface area contributed by atoms with Crippen LogP contribution >= 0.6 is 0 Å². The van der Waals surface area contributed by atoms with Crippen LogP contribution in [0.25, 0.3) is 11.4 Å². The first-order valence-corrected chi connectivity index (χ1v) is 8.91. The molecule has 0 aromatic carbocycles. The van der Waals surface area contributed by atoms with Crippen molar-refractivity contribution in [1.29, 1.82) is 0 Å². The van der Waals surface area contributed by atoms with Crippen LogP contribution in [0.15, 0.2) is 58.7 Å². The Bertz CT molecular complexity index is 1010. The third-order valence-corrected chi connectivity index (χ3v) is 4.97. The highest BCUT2D eigenvalue weighted by Crippen LogP contribution is 2.12. The number of nitrogens with zero attached hydrogens (tertiary/aromatic N) is 5. The van der Waals surface area contributed by atoms with Gasteiger partial charge in [0.15, 0.2) is 5.82 Å². The number of rotatable bonds is 6. The van der Waals surface area contributed by atoms with E-state index < -0.39 is 10.0 Å². The van der Waals surface area contributed by atoms with Gasteiger partial charge < -0.3 is 0 Å². The average molecular weight is 360 g/mol. The molecular formula is C15H16N6O3S. The highest BCUT2D eigenvalue weighted by Gasteiger charge is 2.15. The summed E-state index contributed by atoms with van der Waals surface area (Å²) in [5, 5.41) is 4.25. The van der Waals surface area contributed by atoms with Crippen molar-refractivity contribution in [3.05, 3.63) is 59.5 Å². The van der Waals surface area contributed by atoms with Crippen molar-refractivity contribution in [3.63, 3.8) is 0 Å². The van der Waals surface area contributed by atoms with Gasteiger partial charge in [0.25, 0.3) is 0 Å². The fraction of sp³-hybridized carbons (Fsp3) is 0.200. The van der Waals surface area contributed by atoms with Crippen LogP contribution in [0.5, 0.6) is 0 Å². The summed E-state index contributed by atoms with van der Waals surface area (Å²) in [5.41, 5.74) is 0.371. The molecule has 0 aliphatic rings. The zero-order chi connectivity index (χ0) is 17.9. The van der Waals surface area contributed by atoms with Gasteiger partial charge in [0, 0.05) is 43.9 Å². The summed E-state index contributed by atoms with van der Waals surface area (Å²) >= 11 is 0. The molecule has 10 heteroatoms. The van der Waals surface area contributed by atoms with E-state index in [-0.39, 0.29) is 23.7 Å². The molecule has 0 saturated heterocycles. The Morgan fingerprint density at radius 3 is 2.48 bits per heavy atom. The van der Waals surface area contributed by atoms with Crippen molar-refractivity contribution in [1.82, 2.24) is 29.0 Å². The van der Waals surface area contributed by atoms with Crippen molar-refractivity contribution in [2.45, 2.75) is 11.4 Å². The summed E-state index contributed by atoms with van der Waals surface area (Å²) in [4.78, 5) is 20.1. The van der Waals surface area contributed by atoms with Gasteiger partial charge in [-0.3, -0.25) is 14.5 Å². The van der Waals surface area contributed by atoms with Gasteiger partial charge in [0.2, 0.25) is 10.0 Å². The quantitative estimate of drug-likeness (QED) is 0.663. The maximum atomic E-state index is 12.2. The maximum absolute atomic E-state index is 12.2. The molecule has 25 heavy (non-hydrogen) atoms. The molecule has 0 radical (unpaired) electrons. The molecule has 1 N–H and O–H groups in total. The van der Waals surface area contributed by atoms with Gasteiger partial charge in [-0.1, -0.05) is 0 Å². The lowest BCUT2D eigenvalue weighted by Gasteiger charge is -2.05. The SMILES string of the molecule is Cn1c(-c2cccnc2)nn(CCNS(=O)(=O)c2cccnc2)c1=O. The van der Waals surface area contributed by atoms with E-state index in [1.807, 2.05) is 0 Å². The molecule has 0 atom stereocenters. The summed E-state index contributed by atoms with van der Waals surface area (Å²) in [5.74, 6) is 0.466. The van der Waals surface area contributed by atoms with E-state index in [0.717, 1.165) is 0 Å². The summed E-state index contributed by atoms with van der Waals surface area (Å²) in [7, 11) is -2.07. The minimum atomic E-state index is -3.67. The molecule has 3 heterocycles. The largest absolute Gasteiger partial charge is 0.345 e. The third kappa shape index (κ3) is 3.64. The second-order valence-electron chi connectivity index (χ2n) is 5.22. The van der Waals surface area contributed by atoms with E-state index in [1.165, 1.54) is 33.8 Å². The van der Waals surface area contributed by atoms with Crippen molar-refractivity contribution in [2.75, 3.05) is 6.54 Å². The number of aromatic nitrogens is 5. The van der Waals surface area contributed by atoms with Gasteiger partial charge in [-0.05, 0) is 24.3 Å². The van der Waals surface area contributed by atoms with E-state index >= 15 is 0 Å². The van der Waals surface area contributed by atoms with Gasteiger partial charge in [-0.2, -0.15) is 0 Å². The maximum Gasteiger partial charge on any atom is 0.345 e. The smallest absolute Gasteiger partial charge is 0.278 e. The van der Waals surface area contributed by atoms with E-state index in [9.17, 15) is 13.2 Å². The van der Waals surface area contributed by atoms with Gasteiger partial charge in [0.1, 0.15) is 4.90 Å². The van der Waals surface area contributed by atoms with Gasteiger partial charge in [-0.15, -0.1) is 5.10 Å². The molecule has 0 fully saturated rings. The van der Waals surface area contributed by atoms with Crippen molar-refractivity contribution >= 4 is 10.0 Å². The highest BCUT2D eigenvalue weighted by atomic mass is 32.2. The second kappa shape index (κ2) is 6.95. The van der Waals surface area contributed by atoms with E-state index in [0.29, 0.717) is 11.4 Å². The van der Waals surface area contributed by atoms with Crippen molar-refractivity contribution < 1.29 is 8.42 Å². The fourth-order valence-electron chi connectivity index (χ4n) is 2.26. The summed E-state index contributed by atoms with van der Waals surface area (Å²) in [6.45, 7) is 0.132. The van der Waals surface area contributed by atoms with Crippen LogP contribution in [0.1, 0.15) is 0 Å². The van der Waals surface area contributed by atoms with Gasteiger partial charge in [-0.25, -0.2) is 22.6 Å². The topological polar surface area (TPSA) is 112 Å². The molecule has 0 spiro atoms. The minimum absolute atomic E-state index is 0.0284. The minimum Gasteiger partial charge on any atom is -0.278 e. The van der Waals surface area contributed by atoms with Crippen LogP contribution in [-0.2, 0) is 23.6 Å². The van der Waals surface area contributed by atoms with E-state index in [2.05, 4.69) is 19.8 Å². The first-order valence-electron chi connectivity index (χ1n) is 7.43. The molecule has 9 nitrogen and oxygen atoms in total. The summed E-state index contributed by atoms with van der Waals surface area (Å²) in [6.07, 6.45) is 5.99. The van der Waals surface area contributed by atoms with Crippen molar-refractivity contribution in [3.8, 4) is 11.4 Å². The van der Waals surface area contributed by atoms with Crippen LogP contribution in [0.3, 0.4) is 0 Å². The molecule has 0 amide bonds. The monoisotopic (exact) mass is 360 g/mol. The molecule has 0 bridgehead atoms. The van der Waals surface area contributed by atoms with Gasteiger partial charge >= 0.3 is 5.69 Å². The highest BCUT2D eigenvalue weighted by molar-refractivity contribution is 7.89. The predicted molar refractivity (Wildman–Crippen MR) is 90.1 cm³/mol. The van der Waals surface area contributed by atoms with Gasteiger partial charge in [0.05, 0.1) is 6.54 Å². The van der Waals surface area contributed by atoms with Crippen LogP contribution in [-0.4, -0.2) is 39.3 Å². The lowest BCUT2D eigenvalue weighted by molar-refractivity contribution is 0.550. The molecule has 130 valence electrons. The normalized spacial score (nSPS) is 11.6. The Labute approximate surface area is 144 Å². The number of hydrogen-bond donors (Lipinski definition) is 1. The molecular weight excluding hydrogens is 344 g/mol. The standard InChI is InChI=1S/C15H16N6O3S/c1-20-14(12-4-2-6-16-10-12)19-21(15(20)22)9-8-18-25(23,24)13-5-3-7-17-11-13/h2-7,10-11,18H,8-9H2,1H3. The van der Waals surface area contributed by atoms with Crippen molar-refractivity contribution in [2.24, 2.45) is 7.05 Å². The second-order valence-corrected chi connectivity index (χ2v) is 6.98. The number of hydrogen-bond acceptors (Lipinski definition) is 6. The summed E-state index contributed by atoms with van der Waals surface area (Å²) < 4.78 is 29.3. The Balaban J connectivity index is 1.74. The first-order chi connectivity index (χ1) is 12.0. The number of nitrogens with one attached hydrogen (secondary N) is 1. The zero-order valence-electron chi connectivity index (χ0n) is 13.4. The van der Waals surface area contributed by atoms with E-state index in [4.69, 9.17) is 0 Å². The average Bonchev–Trinajstić information content (AvgIpc) is 2.92. The Morgan fingerprint density at radius 1 is 1.12 bits per heavy atom. The number of pyridine rings is 2. The molecule has 3 rings (SSSR count). The lowest BCUT2D eigenvalue weighted by atomic mass is 10.3. The molecule has 0 aliphatic heterocycles. The Morgan fingerprint density at radius 2 is 1.84 bits per heavy atom. The molecule has 0 saturated carbocycles. The van der Waals surface area contributed by atoms with E-state index in [1.54, 1.807) is 31.6 Å². The fourth-order valence-corrected chi connectivity index (χ4v) is 3.24.